The molecule has 0 bridgehead atoms. The van der Waals surface area contributed by atoms with Gasteiger partial charge in [-0.3, -0.25) is 5.10 Å². The summed E-state index contributed by atoms with van der Waals surface area (Å²) in [6.45, 7) is 2.16. The number of aromatic amines is 1. The van der Waals surface area contributed by atoms with E-state index >= 15 is 0 Å². The zero-order valence-electron chi connectivity index (χ0n) is 9.81. The summed E-state index contributed by atoms with van der Waals surface area (Å²) in [5.41, 5.74) is 1.42. The molecule has 0 radical (unpaired) electrons. The first-order valence-electron chi connectivity index (χ1n) is 6.02. The molecule has 0 amide bonds. The highest BCUT2D eigenvalue weighted by Crippen LogP contribution is 2.44. The number of thioether (sulfide) groups is 1. The van der Waals surface area contributed by atoms with Crippen molar-refractivity contribution in [1.82, 2.24) is 15.2 Å². The van der Waals surface area contributed by atoms with Crippen molar-refractivity contribution in [2.75, 3.05) is 0 Å². The van der Waals surface area contributed by atoms with Gasteiger partial charge in [0.1, 0.15) is 5.82 Å². The molecular weight excluding hydrogens is 230 g/mol. The van der Waals surface area contributed by atoms with E-state index in [2.05, 4.69) is 46.4 Å². The van der Waals surface area contributed by atoms with Crippen molar-refractivity contribution >= 4 is 11.8 Å². The highest BCUT2D eigenvalue weighted by Gasteiger charge is 2.26. The number of aromatic nitrogens is 3. The molecule has 17 heavy (non-hydrogen) atoms. The molecule has 0 aliphatic carbocycles. The van der Waals surface area contributed by atoms with Crippen LogP contribution in [-0.4, -0.2) is 15.2 Å². The van der Waals surface area contributed by atoms with Crippen LogP contribution in [-0.2, 0) is 12.8 Å². The Balaban J connectivity index is 1.79. The first kappa shape index (κ1) is 10.8. The van der Waals surface area contributed by atoms with Crippen LogP contribution >= 0.6 is 11.8 Å². The molecule has 1 aromatic carbocycles. The van der Waals surface area contributed by atoms with Crippen LogP contribution in [0.25, 0.3) is 0 Å². The highest BCUT2D eigenvalue weighted by molar-refractivity contribution is 7.99. The van der Waals surface area contributed by atoms with Gasteiger partial charge in [0.15, 0.2) is 5.82 Å². The van der Waals surface area contributed by atoms with Gasteiger partial charge in [0.25, 0.3) is 0 Å². The fourth-order valence-electron chi connectivity index (χ4n) is 2.13. The van der Waals surface area contributed by atoms with Gasteiger partial charge in [0, 0.05) is 11.3 Å². The van der Waals surface area contributed by atoms with E-state index in [1.807, 2.05) is 11.8 Å². The minimum atomic E-state index is 0.384. The lowest BCUT2D eigenvalue weighted by atomic mass is 10.1. The summed E-state index contributed by atoms with van der Waals surface area (Å²) in [7, 11) is 0. The molecule has 88 valence electrons. The minimum absolute atomic E-state index is 0.384. The number of hydrogen-bond donors (Lipinski definition) is 1. The maximum atomic E-state index is 4.58. The molecule has 1 aliphatic heterocycles. The average Bonchev–Trinajstić information content (AvgIpc) is 2.94. The van der Waals surface area contributed by atoms with Crippen LogP contribution in [0.2, 0.25) is 0 Å². The van der Waals surface area contributed by atoms with E-state index < -0.39 is 0 Å². The Morgan fingerprint density at radius 2 is 2.29 bits per heavy atom. The third-order valence-electron chi connectivity index (χ3n) is 2.97. The fraction of sp³-hybridized carbons (Fsp3) is 0.385. The molecule has 2 aromatic rings. The second-order valence-electron chi connectivity index (χ2n) is 4.31. The Bertz CT molecular complexity index is 496. The number of H-pyrrole nitrogens is 1. The van der Waals surface area contributed by atoms with Crippen molar-refractivity contribution in [2.24, 2.45) is 0 Å². The van der Waals surface area contributed by atoms with Gasteiger partial charge in [-0.15, -0.1) is 11.8 Å². The van der Waals surface area contributed by atoms with E-state index in [1.165, 1.54) is 10.5 Å². The van der Waals surface area contributed by atoms with Crippen LogP contribution in [0.3, 0.4) is 0 Å². The summed E-state index contributed by atoms with van der Waals surface area (Å²) in [6, 6.07) is 8.57. The van der Waals surface area contributed by atoms with Gasteiger partial charge in [0.2, 0.25) is 0 Å². The number of nitrogens with zero attached hydrogens (tertiary/aromatic N) is 2. The molecule has 0 saturated heterocycles. The van der Waals surface area contributed by atoms with Crippen LogP contribution < -0.4 is 0 Å². The van der Waals surface area contributed by atoms with Crippen LogP contribution in [0.15, 0.2) is 29.2 Å². The molecule has 1 unspecified atom stereocenters. The predicted molar refractivity (Wildman–Crippen MR) is 69.1 cm³/mol. The molecular formula is C13H15N3S. The van der Waals surface area contributed by atoms with E-state index in [0.717, 1.165) is 30.9 Å². The third-order valence-corrected chi connectivity index (χ3v) is 4.29. The topological polar surface area (TPSA) is 41.6 Å². The molecule has 0 spiro atoms. The summed E-state index contributed by atoms with van der Waals surface area (Å²) in [4.78, 5) is 5.95. The van der Waals surface area contributed by atoms with Crippen LogP contribution in [0, 0.1) is 0 Å². The monoisotopic (exact) mass is 245 g/mol. The lowest BCUT2D eigenvalue weighted by Crippen LogP contribution is -1.95. The Labute approximate surface area is 105 Å². The van der Waals surface area contributed by atoms with Crippen LogP contribution in [0.1, 0.15) is 35.8 Å². The molecule has 1 N–H and O–H groups in total. The van der Waals surface area contributed by atoms with Crippen LogP contribution in [0.5, 0.6) is 0 Å². The lowest BCUT2D eigenvalue weighted by Gasteiger charge is -2.00. The van der Waals surface area contributed by atoms with Gasteiger partial charge >= 0.3 is 0 Å². The fourth-order valence-corrected chi connectivity index (χ4v) is 3.37. The molecule has 3 nitrogen and oxygen atoms in total. The second kappa shape index (κ2) is 4.53. The van der Waals surface area contributed by atoms with Gasteiger partial charge in [-0.05, 0) is 24.5 Å². The van der Waals surface area contributed by atoms with Gasteiger partial charge in [0.05, 0.1) is 5.25 Å². The highest BCUT2D eigenvalue weighted by atomic mass is 32.2. The number of aryl methyl sites for hydroxylation is 1. The second-order valence-corrected chi connectivity index (χ2v) is 5.55. The van der Waals surface area contributed by atoms with Gasteiger partial charge in [-0.1, -0.05) is 25.1 Å². The maximum Gasteiger partial charge on any atom is 0.164 e. The Morgan fingerprint density at radius 1 is 1.41 bits per heavy atom. The predicted octanol–water partition coefficient (Wildman–Crippen LogP) is 3.15. The van der Waals surface area contributed by atoms with Crippen molar-refractivity contribution in [2.45, 2.75) is 36.3 Å². The number of hydrogen-bond acceptors (Lipinski definition) is 3. The summed E-state index contributed by atoms with van der Waals surface area (Å²) < 4.78 is 0. The normalized spacial score (nSPS) is 18.3. The number of benzene rings is 1. The van der Waals surface area contributed by atoms with E-state index in [0.29, 0.717) is 5.25 Å². The Hall–Kier alpha value is -1.29. The van der Waals surface area contributed by atoms with E-state index in [9.17, 15) is 0 Å². The standard InChI is InChI=1S/C13H15N3S/c1-2-5-12-14-13(16-15-12)11-8-9-6-3-4-7-10(9)17-11/h3-4,6-7,11H,2,5,8H2,1H3,(H,14,15,16). The van der Waals surface area contributed by atoms with Gasteiger partial charge in [-0.2, -0.15) is 5.10 Å². The van der Waals surface area contributed by atoms with Crippen molar-refractivity contribution in [3.63, 3.8) is 0 Å². The summed E-state index contributed by atoms with van der Waals surface area (Å²) >= 11 is 1.88. The first-order chi connectivity index (χ1) is 8.36. The average molecular weight is 245 g/mol. The van der Waals surface area contributed by atoms with Crippen molar-refractivity contribution < 1.29 is 0 Å². The van der Waals surface area contributed by atoms with Crippen LogP contribution in [0.4, 0.5) is 0 Å². The van der Waals surface area contributed by atoms with Gasteiger partial charge < -0.3 is 0 Å². The molecule has 4 heteroatoms. The van der Waals surface area contributed by atoms with Crippen molar-refractivity contribution in [3.05, 3.63) is 41.5 Å². The zero-order chi connectivity index (χ0) is 11.7. The third kappa shape index (κ3) is 2.09. The smallest absolute Gasteiger partial charge is 0.164 e. The molecule has 0 fully saturated rings. The first-order valence-corrected chi connectivity index (χ1v) is 6.90. The molecule has 2 heterocycles. The number of nitrogens with one attached hydrogen (secondary N) is 1. The van der Waals surface area contributed by atoms with Gasteiger partial charge in [-0.25, -0.2) is 4.98 Å². The SMILES string of the molecule is CCCc1nc(C2Cc3ccccc3S2)n[nH]1. The summed E-state index contributed by atoms with van der Waals surface area (Å²) in [5.74, 6) is 1.97. The van der Waals surface area contributed by atoms with Crippen molar-refractivity contribution in [3.8, 4) is 0 Å². The quantitative estimate of drug-likeness (QED) is 0.903. The number of rotatable bonds is 3. The molecule has 0 saturated carbocycles. The summed E-state index contributed by atoms with van der Waals surface area (Å²) in [5, 5.41) is 7.76. The zero-order valence-corrected chi connectivity index (χ0v) is 10.6. The molecule has 1 aliphatic rings. The van der Waals surface area contributed by atoms with E-state index in [-0.39, 0.29) is 0 Å². The molecule has 1 aromatic heterocycles. The molecule has 1 atom stereocenters. The van der Waals surface area contributed by atoms with E-state index in [4.69, 9.17) is 0 Å². The minimum Gasteiger partial charge on any atom is -0.263 e. The Kier molecular flexibility index (Phi) is 2.89. The number of fused-ring (bicyclic) bond motifs is 1. The van der Waals surface area contributed by atoms with Crippen molar-refractivity contribution in [1.29, 1.82) is 0 Å². The molecule has 3 rings (SSSR count). The largest absolute Gasteiger partial charge is 0.263 e. The lowest BCUT2D eigenvalue weighted by molar-refractivity contribution is 0.839. The Morgan fingerprint density at radius 3 is 3.12 bits per heavy atom. The van der Waals surface area contributed by atoms with E-state index in [1.54, 1.807) is 0 Å². The summed E-state index contributed by atoms with van der Waals surface area (Å²) in [6.07, 6.45) is 3.13. The maximum absolute atomic E-state index is 4.58.